The van der Waals surface area contributed by atoms with Crippen molar-refractivity contribution in [1.82, 2.24) is 0 Å². The summed E-state index contributed by atoms with van der Waals surface area (Å²) in [5.74, 6) is 0. The van der Waals surface area contributed by atoms with Crippen molar-refractivity contribution in [2.45, 2.75) is 31.4 Å². The van der Waals surface area contributed by atoms with Gasteiger partial charge in [0.2, 0.25) is 0 Å². The molecule has 0 aliphatic rings. The molecular weight excluding hydrogens is 251 g/mol. The zero-order valence-corrected chi connectivity index (χ0v) is 14.3. The van der Waals surface area contributed by atoms with Crippen molar-refractivity contribution in [3.05, 3.63) is 60.7 Å². The molecule has 0 N–H and O–H groups in total. The Kier molecular flexibility index (Phi) is 5.32. The number of hydrogen-bond donors (Lipinski definition) is 0. The van der Waals surface area contributed by atoms with E-state index in [1.54, 1.807) is 10.4 Å². The summed E-state index contributed by atoms with van der Waals surface area (Å²) in [6.45, 7) is 7.19. The van der Waals surface area contributed by atoms with E-state index >= 15 is 0 Å². The number of hydrogen-bond acceptors (Lipinski definition) is 0. The molecule has 2 aromatic carbocycles. The number of rotatable bonds is 4. The van der Waals surface area contributed by atoms with Gasteiger partial charge in [0.05, 0.1) is 0 Å². The summed E-state index contributed by atoms with van der Waals surface area (Å²) in [5, 5.41) is 4.39. The summed E-state index contributed by atoms with van der Waals surface area (Å²) in [6, 6.07) is 22.3. The fourth-order valence-corrected chi connectivity index (χ4v) is 7.39. The van der Waals surface area contributed by atoms with Crippen molar-refractivity contribution in [2.24, 2.45) is 5.41 Å². The Labute approximate surface area is 134 Å². The molecule has 0 fully saturated rings. The van der Waals surface area contributed by atoms with Crippen LogP contribution in [0.5, 0.6) is 0 Å². The molecule has 0 saturated heterocycles. The summed E-state index contributed by atoms with van der Waals surface area (Å²) in [4.78, 5) is 0. The van der Waals surface area contributed by atoms with Gasteiger partial charge in [-0.15, -0.1) is 0 Å². The molecule has 100 valence electrons. The van der Waals surface area contributed by atoms with E-state index in [1.165, 1.54) is 5.09 Å². The van der Waals surface area contributed by atoms with Gasteiger partial charge in [-0.1, -0.05) is 0 Å². The van der Waals surface area contributed by atoms with Crippen LogP contribution in [0.25, 0.3) is 0 Å². The van der Waals surface area contributed by atoms with Crippen molar-refractivity contribution in [3.8, 4) is 0 Å². The first-order chi connectivity index (χ1) is 9.54. The molecule has 2 heteroatoms. The van der Waals surface area contributed by atoms with E-state index in [1.807, 2.05) is 0 Å². The Balaban J connectivity index is 2.50. The Hall–Kier alpha value is -0.746. The van der Waals surface area contributed by atoms with Crippen LogP contribution >= 0.6 is 0 Å². The monoisotopic (exact) mass is 274 g/mol. The molecule has 2 aromatic rings. The first-order valence-corrected chi connectivity index (χ1v) is 9.46. The van der Waals surface area contributed by atoms with Crippen molar-refractivity contribution >= 4 is 36.9 Å². The predicted molar refractivity (Wildman–Crippen MR) is 93.1 cm³/mol. The Morgan fingerprint density at radius 2 is 1.25 bits per heavy atom. The van der Waals surface area contributed by atoms with E-state index < -0.39 is 8.80 Å². The quantitative estimate of drug-likeness (QED) is 0.752. The van der Waals surface area contributed by atoms with Crippen molar-refractivity contribution in [2.75, 3.05) is 0 Å². The molecule has 0 heterocycles. The molecule has 0 nitrogen and oxygen atoms in total. The average molecular weight is 274 g/mol. The van der Waals surface area contributed by atoms with Crippen LogP contribution in [0.15, 0.2) is 60.7 Å². The second-order valence-corrected chi connectivity index (χ2v) is 9.77. The molecule has 0 aromatic heterocycles. The third-order valence-electron chi connectivity index (χ3n) is 4.27. The number of benzene rings is 2. The van der Waals surface area contributed by atoms with Crippen molar-refractivity contribution in [1.29, 1.82) is 0 Å². The van der Waals surface area contributed by atoms with Gasteiger partial charge in [-0.05, 0) is 0 Å². The maximum atomic E-state index is 2.40. The molecule has 0 bridgehead atoms. The van der Waals surface area contributed by atoms with Gasteiger partial charge >= 0.3 is 134 Å². The Morgan fingerprint density at radius 3 is 1.55 bits per heavy atom. The molecule has 1 atom stereocenters. The normalized spacial score (nSPS) is 13.5. The minimum atomic E-state index is -1.19. The summed E-state index contributed by atoms with van der Waals surface area (Å²) in [5.41, 5.74) is 1.13. The van der Waals surface area contributed by atoms with E-state index in [4.69, 9.17) is 0 Å². The molecule has 2 rings (SSSR count). The van der Waals surface area contributed by atoms with E-state index in [0.717, 1.165) is 5.54 Å². The Morgan fingerprint density at radius 1 is 0.850 bits per heavy atom. The topological polar surface area (TPSA) is 0 Å². The van der Waals surface area contributed by atoms with Crippen LogP contribution in [-0.4, -0.2) is 26.5 Å². The summed E-state index contributed by atoms with van der Waals surface area (Å²) < 4.78 is 0. The molecule has 0 radical (unpaired) electrons. The Bertz CT molecular complexity index is 477. The SMILES string of the molecule is [Li][CH2]C([SiH](c1ccccc1)c1ccccc1)C(C)(C)C. The summed E-state index contributed by atoms with van der Waals surface area (Å²) in [6.07, 6.45) is 0. The van der Waals surface area contributed by atoms with Gasteiger partial charge in [-0.3, -0.25) is 0 Å². The zero-order valence-electron chi connectivity index (χ0n) is 13.1. The van der Waals surface area contributed by atoms with Gasteiger partial charge in [0.25, 0.3) is 0 Å². The van der Waals surface area contributed by atoms with Crippen LogP contribution in [0, 0.1) is 5.41 Å². The molecule has 0 aliphatic heterocycles. The second-order valence-electron chi connectivity index (χ2n) is 6.68. The third kappa shape index (κ3) is 3.67. The average Bonchev–Trinajstić information content (AvgIpc) is 2.45. The molecule has 0 spiro atoms. The summed E-state index contributed by atoms with van der Waals surface area (Å²) in [7, 11) is -1.19. The first-order valence-electron chi connectivity index (χ1n) is 7.64. The minimum absolute atomic E-state index is 0.358. The van der Waals surface area contributed by atoms with Gasteiger partial charge < -0.3 is 0 Å². The van der Waals surface area contributed by atoms with E-state index in [-0.39, 0.29) is 0 Å². The fourth-order valence-electron chi connectivity index (χ4n) is 3.33. The summed E-state index contributed by atoms with van der Waals surface area (Å²) >= 11 is 2.35. The first kappa shape index (κ1) is 15.6. The molecule has 1 unspecified atom stereocenters. The van der Waals surface area contributed by atoms with E-state index in [9.17, 15) is 0 Å². The second kappa shape index (κ2) is 6.81. The fraction of sp³-hybridized carbons (Fsp3) is 0.333. The maximum absolute atomic E-state index is 2.40. The van der Waals surface area contributed by atoms with Gasteiger partial charge in [0.15, 0.2) is 0 Å². The predicted octanol–water partition coefficient (Wildman–Crippen LogP) is 3.03. The van der Waals surface area contributed by atoms with Gasteiger partial charge in [0, 0.05) is 0 Å². The van der Waals surface area contributed by atoms with Crippen molar-refractivity contribution in [3.63, 3.8) is 0 Å². The van der Waals surface area contributed by atoms with E-state index in [0.29, 0.717) is 5.41 Å². The molecule has 0 aliphatic carbocycles. The van der Waals surface area contributed by atoms with Crippen LogP contribution in [0.3, 0.4) is 0 Å². The van der Waals surface area contributed by atoms with Gasteiger partial charge in [-0.25, -0.2) is 0 Å². The van der Waals surface area contributed by atoms with Gasteiger partial charge in [0.1, 0.15) is 0 Å². The molecule has 0 amide bonds. The van der Waals surface area contributed by atoms with Crippen LogP contribution < -0.4 is 10.4 Å². The third-order valence-corrected chi connectivity index (χ3v) is 8.75. The van der Waals surface area contributed by atoms with Gasteiger partial charge in [-0.2, -0.15) is 0 Å². The van der Waals surface area contributed by atoms with Crippen LogP contribution in [0.1, 0.15) is 20.8 Å². The molecule has 0 saturated carbocycles. The van der Waals surface area contributed by atoms with E-state index in [2.05, 4.69) is 99.1 Å². The van der Waals surface area contributed by atoms with Crippen LogP contribution in [0.4, 0.5) is 0 Å². The van der Waals surface area contributed by atoms with Crippen molar-refractivity contribution < 1.29 is 0 Å². The standard InChI is InChI=1S/C18H23Si.Li/c1-15(18(2,3)4)19(16-11-7-5-8-12-16)17-13-9-6-10-14-17;/h5-15,19H,1H2,2-4H3;. The zero-order chi connectivity index (χ0) is 14.6. The van der Waals surface area contributed by atoms with Crippen LogP contribution in [-0.2, 0) is 0 Å². The molecule has 20 heavy (non-hydrogen) atoms. The van der Waals surface area contributed by atoms with Crippen LogP contribution in [0.2, 0.25) is 10.6 Å². The molecular formula is C18H23LiSi.